The van der Waals surface area contributed by atoms with Crippen LogP contribution < -0.4 is 0 Å². The van der Waals surface area contributed by atoms with E-state index in [0.717, 1.165) is 0 Å². The summed E-state index contributed by atoms with van der Waals surface area (Å²) in [6, 6.07) is 4.07. The lowest BCUT2D eigenvalue weighted by molar-refractivity contribution is -0.140. The van der Waals surface area contributed by atoms with Gasteiger partial charge in [0.1, 0.15) is 5.82 Å². The highest BCUT2D eigenvalue weighted by Crippen LogP contribution is 2.30. The number of carbonyl (C=O) groups is 1. The van der Waals surface area contributed by atoms with Gasteiger partial charge in [-0.05, 0) is 12.1 Å². The van der Waals surface area contributed by atoms with Crippen molar-refractivity contribution >= 4 is 29.2 Å². The summed E-state index contributed by atoms with van der Waals surface area (Å²) in [7, 11) is 1.17. The van der Waals surface area contributed by atoms with Crippen molar-refractivity contribution in [2.45, 2.75) is 5.38 Å². The molecule has 0 aromatic heterocycles. The molecule has 0 N–H and O–H groups in total. The molecular weight excluding hydrogens is 230 g/mol. The summed E-state index contributed by atoms with van der Waals surface area (Å²) < 4.78 is 17.6. The number of carbonyl (C=O) groups excluding carboxylic acids is 1. The second kappa shape index (κ2) is 4.62. The van der Waals surface area contributed by atoms with Crippen LogP contribution in [0.3, 0.4) is 0 Å². The van der Waals surface area contributed by atoms with Crippen LogP contribution in [0.2, 0.25) is 5.02 Å². The van der Waals surface area contributed by atoms with Crippen LogP contribution in [0, 0.1) is 5.82 Å². The number of benzene rings is 1. The van der Waals surface area contributed by atoms with Gasteiger partial charge in [-0.3, -0.25) is 4.79 Å². The standard InChI is InChI=1S/C9H7Cl2FO2/c1-14-9(13)8(11)7-5(10)3-2-4-6(7)12/h2-4,8H,1H3/t8-/m0/s1. The quantitative estimate of drug-likeness (QED) is 0.583. The molecule has 0 radical (unpaired) electrons. The van der Waals surface area contributed by atoms with Crippen molar-refractivity contribution in [3.8, 4) is 0 Å². The largest absolute Gasteiger partial charge is 0.468 e. The van der Waals surface area contributed by atoms with Crippen LogP contribution in [-0.2, 0) is 9.53 Å². The number of hydrogen-bond donors (Lipinski definition) is 0. The monoisotopic (exact) mass is 236 g/mol. The molecule has 0 spiro atoms. The molecule has 0 amide bonds. The second-order valence-corrected chi connectivity index (χ2v) is 3.36. The summed E-state index contributed by atoms with van der Waals surface area (Å²) in [5.41, 5.74) is -0.0531. The van der Waals surface area contributed by atoms with Gasteiger partial charge in [0.2, 0.25) is 0 Å². The van der Waals surface area contributed by atoms with Crippen LogP contribution in [0.15, 0.2) is 18.2 Å². The highest BCUT2D eigenvalue weighted by molar-refractivity contribution is 6.35. The minimum absolute atomic E-state index is 0.0531. The van der Waals surface area contributed by atoms with E-state index in [-0.39, 0.29) is 10.6 Å². The van der Waals surface area contributed by atoms with Crippen LogP contribution in [0.4, 0.5) is 4.39 Å². The smallest absolute Gasteiger partial charge is 0.328 e. The maximum Gasteiger partial charge on any atom is 0.328 e. The summed E-state index contributed by atoms with van der Waals surface area (Å²) in [5, 5.41) is -1.11. The number of ether oxygens (including phenoxy) is 1. The molecule has 1 atom stereocenters. The Morgan fingerprint density at radius 1 is 1.57 bits per heavy atom. The first-order chi connectivity index (χ1) is 6.57. The molecule has 0 heterocycles. The molecule has 0 bridgehead atoms. The lowest BCUT2D eigenvalue weighted by atomic mass is 10.1. The average Bonchev–Trinajstić information content (AvgIpc) is 2.16. The van der Waals surface area contributed by atoms with Gasteiger partial charge in [0, 0.05) is 10.6 Å². The molecule has 0 aliphatic carbocycles. The number of methoxy groups -OCH3 is 1. The van der Waals surface area contributed by atoms with Crippen molar-refractivity contribution in [2.24, 2.45) is 0 Å². The van der Waals surface area contributed by atoms with E-state index in [1.165, 1.54) is 25.3 Å². The van der Waals surface area contributed by atoms with Crippen molar-refractivity contribution in [3.05, 3.63) is 34.6 Å². The fraction of sp³-hybridized carbons (Fsp3) is 0.222. The Bertz CT molecular complexity index is 334. The molecule has 1 aromatic rings. The Labute approximate surface area is 90.6 Å². The first-order valence-electron chi connectivity index (χ1n) is 3.73. The molecule has 0 saturated heterocycles. The Morgan fingerprint density at radius 3 is 2.71 bits per heavy atom. The van der Waals surface area contributed by atoms with Crippen molar-refractivity contribution in [1.82, 2.24) is 0 Å². The molecule has 1 rings (SSSR count). The van der Waals surface area contributed by atoms with Crippen molar-refractivity contribution in [2.75, 3.05) is 7.11 Å². The maximum absolute atomic E-state index is 13.2. The zero-order chi connectivity index (χ0) is 10.7. The van der Waals surface area contributed by atoms with Gasteiger partial charge >= 0.3 is 5.97 Å². The number of alkyl halides is 1. The number of rotatable bonds is 2. The van der Waals surface area contributed by atoms with E-state index >= 15 is 0 Å². The zero-order valence-electron chi connectivity index (χ0n) is 7.26. The first kappa shape index (κ1) is 11.3. The fourth-order valence-corrected chi connectivity index (χ4v) is 1.61. The van der Waals surface area contributed by atoms with Crippen molar-refractivity contribution in [3.63, 3.8) is 0 Å². The number of esters is 1. The minimum Gasteiger partial charge on any atom is -0.468 e. The molecule has 0 unspecified atom stereocenters. The van der Waals surface area contributed by atoms with Crippen LogP contribution in [0.5, 0.6) is 0 Å². The minimum atomic E-state index is -1.21. The van der Waals surface area contributed by atoms with E-state index in [4.69, 9.17) is 23.2 Å². The Balaban J connectivity index is 3.11. The van der Waals surface area contributed by atoms with E-state index in [2.05, 4.69) is 4.74 Å². The van der Waals surface area contributed by atoms with Crippen LogP contribution in [0.25, 0.3) is 0 Å². The Hall–Kier alpha value is -0.800. The van der Waals surface area contributed by atoms with Crippen LogP contribution in [0.1, 0.15) is 10.9 Å². The highest BCUT2D eigenvalue weighted by Gasteiger charge is 2.24. The highest BCUT2D eigenvalue weighted by atomic mass is 35.5. The fourth-order valence-electron chi connectivity index (χ4n) is 0.974. The molecule has 0 aliphatic rings. The van der Waals surface area contributed by atoms with Gasteiger partial charge in [0.25, 0.3) is 0 Å². The second-order valence-electron chi connectivity index (χ2n) is 2.52. The summed E-state index contributed by atoms with van der Waals surface area (Å²) >= 11 is 11.4. The van der Waals surface area contributed by atoms with E-state index in [1.807, 2.05) is 0 Å². The first-order valence-corrected chi connectivity index (χ1v) is 4.55. The third kappa shape index (κ3) is 2.16. The van der Waals surface area contributed by atoms with E-state index in [0.29, 0.717) is 0 Å². The third-order valence-corrected chi connectivity index (χ3v) is 2.39. The molecule has 0 fully saturated rings. The molecule has 2 nitrogen and oxygen atoms in total. The van der Waals surface area contributed by atoms with E-state index in [1.54, 1.807) is 0 Å². The SMILES string of the molecule is COC(=O)[C@@H](Cl)c1c(F)cccc1Cl. The van der Waals surface area contributed by atoms with Gasteiger partial charge in [-0.2, -0.15) is 0 Å². The molecule has 14 heavy (non-hydrogen) atoms. The van der Waals surface area contributed by atoms with Gasteiger partial charge in [-0.15, -0.1) is 11.6 Å². The lowest BCUT2D eigenvalue weighted by Crippen LogP contribution is -2.10. The summed E-state index contributed by atoms with van der Waals surface area (Å²) in [5.74, 6) is -1.36. The molecular formula is C9H7Cl2FO2. The predicted octanol–water partition coefficient (Wildman–Crippen LogP) is 2.93. The van der Waals surface area contributed by atoms with Gasteiger partial charge < -0.3 is 4.74 Å². The third-order valence-electron chi connectivity index (χ3n) is 1.66. The Kier molecular flexibility index (Phi) is 3.72. The van der Waals surface area contributed by atoms with E-state index < -0.39 is 17.2 Å². The molecule has 0 aliphatic heterocycles. The zero-order valence-corrected chi connectivity index (χ0v) is 8.77. The normalized spacial score (nSPS) is 12.3. The van der Waals surface area contributed by atoms with Gasteiger partial charge in [-0.25, -0.2) is 4.39 Å². The predicted molar refractivity (Wildman–Crippen MR) is 52.0 cm³/mol. The molecule has 0 saturated carbocycles. The average molecular weight is 237 g/mol. The number of hydrogen-bond acceptors (Lipinski definition) is 2. The molecule has 1 aromatic carbocycles. The maximum atomic E-state index is 13.2. The van der Waals surface area contributed by atoms with Gasteiger partial charge in [0.05, 0.1) is 7.11 Å². The Morgan fingerprint density at radius 2 is 2.21 bits per heavy atom. The lowest BCUT2D eigenvalue weighted by Gasteiger charge is -2.09. The molecule has 76 valence electrons. The van der Waals surface area contributed by atoms with Crippen molar-refractivity contribution in [1.29, 1.82) is 0 Å². The van der Waals surface area contributed by atoms with Crippen molar-refractivity contribution < 1.29 is 13.9 Å². The number of halogens is 3. The summed E-state index contributed by atoms with van der Waals surface area (Å²) in [4.78, 5) is 11.0. The summed E-state index contributed by atoms with van der Waals surface area (Å²) in [6.45, 7) is 0. The van der Waals surface area contributed by atoms with Crippen LogP contribution in [-0.4, -0.2) is 13.1 Å². The van der Waals surface area contributed by atoms with Gasteiger partial charge in [-0.1, -0.05) is 17.7 Å². The van der Waals surface area contributed by atoms with Crippen LogP contribution >= 0.6 is 23.2 Å². The summed E-state index contributed by atoms with van der Waals surface area (Å²) in [6.07, 6.45) is 0. The van der Waals surface area contributed by atoms with Gasteiger partial charge in [0.15, 0.2) is 5.38 Å². The topological polar surface area (TPSA) is 26.3 Å². The molecule has 5 heteroatoms. The van der Waals surface area contributed by atoms with E-state index in [9.17, 15) is 9.18 Å².